The Kier molecular flexibility index (Phi) is 6.86. The molecule has 164 valence electrons. The van der Waals surface area contributed by atoms with E-state index < -0.39 is 15.9 Å². The zero-order valence-corrected chi connectivity index (χ0v) is 18.5. The van der Waals surface area contributed by atoms with Gasteiger partial charge in [0.05, 0.1) is 17.8 Å². The number of nitrogens with one attached hydrogen (secondary N) is 2. The summed E-state index contributed by atoms with van der Waals surface area (Å²) < 4.78 is 33.0. The Morgan fingerprint density at radius 2 is 1.87 bits per heavy atom. The van der Waals surface area contributed by atoms with Crippen LogP contribution >= 0.6 is 11.8 Å². The molecule has 1 heterocycles. The Morgan fingerprint density at radius 3 is 2.48 bits per heavy atom. The van der Waals surface area contributed by atoms with Crippen molar-refractivity contribution >= 4 is 44.5 Å². The van der Waals surface area contributed by atoms with E-state index in [2.05, 4.69) is 10.0 Å². The van der Waals surface area contributed by atoms with Gasteiger partial charge in [0, 0.05) is 24.3 Å². The second-order valence-corrected chi connectivity index (χ2v) is 9.28. The van der Waals surface area contributed by atoms with Gasteiger partial charge in [-0.25, -0.2) is 8.42 Å². The molecular weight excluding hydrogens is 442 g/mol. The number of anilines is 1. The molecule has 2 N–H and O–H groups in total. The number of benzene rings is 2. The zero-order valence-electron chi connectivity index (χ0n) is 16.9. The minimum Gasteiger partial charge on any atom is -0.497 e. The van der Waals surface area contributed by atoms with E-state index in [1.807, 2.05) is 0 Å². The van der Waals surface area contributed by atoms with Crippen LogP contribution in [-0.4, -0.2) is 56.3 Å². The van der Waals surface area contributed by atoms with Crippen LogP contribution in [0.5, 0.6) is 5.75 Å². The third-order valence-electron chi connectivity index (χ3n) is 4.57. The van der Waals surface area contributed by atoms with Gasteiger partial charge in [0.25, 0.3) is 21.2 Å². The van der Waals surface area contributed by atoms with Crippen molar-refractivity contribution in [2.24, 2.45) is 0 Å². The number of aryl methyl sites for hydroxylation is 1. The summed E-state index contributed by atoms with van der Waals surface area (Å²) in [7, 11) is -2.41. The molecule has 1 aliphatic heterocycles. The molecule has 0 spiro atoms. The summed E-state index contributed by atoms with van der Waals surface area (Å²) in [4.78, 5) is 36.8. The summed E-state index contributed by atoms with van der Waals surface area (Å²) in [6, 6.07) is 10.6. The number of sulfonamides is 1. The maximum atomic E-state index is 12.7. The Balaban J connectivity index is 1.70. The second-order valence-electron chi connectivity index (χ2n) is 6.67. The van der Waals surface area contributed by atoms with Crippen molar-refractivity contribution in [3.63, 3.8) is 0 Å². The van der Waals surface area contributed by atoms with Crippen molar-refractivity contribution in [1.82, 2.24) is 10.2 Å². The average Bonchev–Trinajstić information content (AvgIpc) is 3.06. The number of nitrogens with zero attached hydrogens (tertiary/aromatic N) is 1. The molecule has 1 aliphatic rings. The van der Waals surface area contributed by atoms with Gasteiger partial charge in [-0.3, -0.25) is 24.0 Å². The van der Waals surface area contributed by atoms with Crippen molar-refractivity contribution in [1.29, 1.82) is 0 Å². The van der Waals surface area contributed by atoms with E-state index in [1.165, 1.54) is 19.2 Å². The highest BCUT2D eigenvalue weighted by Crippen LogP contribution is 2.21. The fourth-order valence-electron chi connectivity index (χ4n) is 2.86. The lowest BCUT2D eigenvalue weighted by atomic mass is 10.1. The van der Waals surface area contributed by atoms with Crippen LogP contribution in [0.15, 0.2) is 47.4 Å². The highest BCUT2D eigenvalue weighted by atomic mass is 32.2. The van der Waals surface area contributed by atoms with Gasteiger partial charge >= 0.3 is 0 Å². The highest BCUT2D eigenvalue weighted by molar-refractivity contribution is 8.14. The molecule has 3 amide bonds. The summed E-state index contributed by atoms with van der Waals surface area (Å²) in [5.41, 5.74) is 1.13. The van der Waals surface area contributed by atoms with E-state index in [9.17, 15) is 22.8 Å². The molecule has 2 aromatic rings. The number of hydrogen-bond acceptors (Lipinski definition) is 7. The van der Waals surface area contributed by atoms with Crippen LogP contribution in [0.3, 0.4) is 0 Å². The summed E-state index contributed by atoms with van der Waals surface area (Å²) >= 11 is 0.923. The number of imide groups is 1. The van der Waals surface area contributed by atoms with Gasteiger partial charge in [0.15, 0.2) is 0 Å². The fourth-order valence-corrected chi connectivity index (χ4v) is 4.70. The van der Waals surface area contributed by atoms with Gasteiger partial charge in [-0.1, -0.05) is 17.8 Å². The molecule has 3 rings (SSSR count). The third-order valence-corrected chi connectivity index (χ3v) is 6.81. The maximum absolute atomic E-state index is 12.7. The normalized spacial score (nSPS) is 13.9. The Hall–Kier alpha value is -3.05. The summed E-state index contributed by atoms with van der Waals surface area (Å²) in [6.07, 6.45) is 0. The molecule has 0 aliphatic carbocycles. The minimum atomic E-state index is -3.92. The van der Waals surface area contributed by atoms with E-state index in [-0.39, 0.29) is 40.4 Å². The lowest BCUT2D eigenvalue weighted by Gasteiger charge is -2.14. The van der Waals surface area contributed by atoms with Gasteiger partial charge in [0.2, 0.25) is 5.91 Å². The van der Waals surface area contributed by atoms with Crippen molar-refractivity contribution in [3.8, 4) is 5.75 Å². The molecule has 0 bridgehead atoms. The van der Waals surface area contributed by atoms with E-state index >= 15 is 0 Å². The highest BCUT2D eigenvalue weighted by Gasteiger charge is 2.29. The monoisotopic (exact) mass is 463 g/mol. The molecule has 2 aromatic carbocycles. The number of methoxy groups -OCH3 is 1. The van der Waals surface area contributed by atoms with E-state index in [4.69, 9.17) is 4.74 Å². The largest absolute Gasteiger partial charge is 0.497 e. The molecule has 31 heavy (non-hydrogen) atoms. The predicted molar refractivity (Wildman–Crippen MR) is 117 cm³/mol. The molecule has 11 heteroatoms. The van der Waals surface area contributed by atoms with Crippen LogP contribution in [0.4, 0.5) is 10.5 Å². The minimum absolute atomic E-state index is 0.0620. The molecule has 1 saturated heterocycles. The second kappa shape index (κ2) is 9.40. The number of carbonyl (C=O) groups is 3. The van der Waals surface area contributed by atoms with Gasteiger partial charge in [-0.05, 0) is 48.9 Å². The predicted octanol–water partition coefficient (Wildman–Crippen LogP) is 2.23. The Bertz CT molecular complexity index is 1100. The molecule has 0 radical (unpaired) electrons. The molecule has 0 atom stereocenters. The lowest BCUT2D eigenvalue weighted by molar-refractivity contribution is -0.124. The van der Waals surface area contributed by atoms with E-state index in [0.717, 1.165) is 16.7 Å². The molecule has 9 nitrogen and oxygen atoms in total. The van der Waals surface area contributed by atoms with Crippen molar-refractivity contribution in [2.45, 2.75) is 11.8 Å². The number of thioether (sulfide) groups is 1. The topological polar surface area (TPSA) is 122 Å². The van der Waals surface area contributed by atoms with E-state index in [1.54, 1.807) is 37.3 Å². The molecule has 0 aromatic heterocycles. The van der Waals surface area contributed by atoms with Crippen LogP contribution in [0, 0.1) is 6.92 Å². The Morgan fingerprint density at radius 1 is 1.16 bits per heavy atom. The smallest absolute Gasteiger partial charge is 0.288 e. The van der Waals surface area contributed by atoms with Crippen LogP contribution < -0.4 is 14.8 Å². The first-order chi connectivity index (χ1) is 14.7. The first-order valence-corrected chi connectivity index (χ1v) is 11.7. The molecular formula is C20H21N3O6S2. The van der Waals surface area contributed by atoms with Crippen LogP contribution in [-0.2, 0) is 14.8 Å². The summed E-state index contributed by atoms with van der Waals surface area (Å²) in [6.45, 7) is 1.82. The number of ether oxygens (including phenoxy) is 1. The molecule has 0 saturated carbocycles. The first-order valence-electron chi connectivity index (χ1n) is 9.24. The van der Waals surface area contributed by atoms with Crippen molar-refractivity contribution in [2.75, 3.05) is 30.7 Å². The first kappa shape index (κ1) is 22.6. The number of amides is 3. The molecule has 1 fully saturated rings. The van der Waals surface area contributed by atoms with Crippen LogP contribution in [0.25, 0.3) is 0 Å². The lowest BCUT2D eigenvalue weighted by Crippen LogP contribution is -2.37. The quantitative estimate of drug-likeness (QED) is 0.616. The van der Waals surface area contributed by atoms with Crippen molar-refractivity contribution < 1.29 is 27.5 Å². The standard InChI is InChI=1S/C20H21N3O6S2/c1-13-3-8-16(31(27,28)22-14-4-6-15(29-2)7-5-14)11-17(13)19(25)21-9-10-23-18(24)12-30-20(23)26/h3-8,11,22H,9-10,12H2,1-2H3,(H,21,25). The van der Waals surface area contributed by atoms with Gasteiger partial charge < -0.3 is 10.1 Å². The summed E-state index contributed by atoms with van der Waals surface area (Å²) in [5, 5.41) is 2.29. The number of rotatable bonds is 8. The number of carbonyl (C=O) groups excluding carboxylic acids is 3. The van der Waals surface area contributed by atoms with E-state index in [0.29, 0.717) is 17.0 Å². The van der Waals surface area contributed by atoms with Gasteiger partial charge in [-0.2, -0.15) is 0 Å². The van der Waals surface area contributed by atoms with Gasteiger partial charge in [0.1, 0.15) is 5.75 Å². The zero-order chi connectivity index (χ0) is 22.6. The van der Waals surface area contributed by atoms with Crippen LogP contribution in [0.1, 0.15) is 15.9 Å². The SMILES string of the molecule is COc1ccc(NS(=O)(=O)c2ccc(C)c(C(=O)NCCN3C(=O)CSC3=O)c2)cc1. The van der Waals surface area contributed by atoms with Crippen LogP contribution in [0.2, 0.25) is 0 Å². The van der Waals surface area contributed by atoms with Crippen molar-refractivity contribution in [3.05, 3.63) is 53.6 Å². The fraction of sp³-hybridized carbons (Fsp3) is 0.250. The van der Waals surface area contributed by atoms with Gasteiger partial charge in [-0.15, -0.1) is 0 Å². The third kappa shape index (κ3) is 5.36. The number of hydrogen-bond donors (Lipinski definition) is 2. The summed E-state index contributed by atoms with van der Waals surface area (Å²) in [5.74, 6) is -0.0930. The Labute approximate surface area is 184 Å². The maximum Gasteiger partial charge on any atom is 0.288 e. The average molecular weight is 464 g/mol. The molecule has 0 unspecified atom stereocenters.